The first-order chi connectivity index (χ1) is 12.5. The molecule has 0 bridgehead atoms. The van der Waals surface area contributed by atoms with Crippen LogP contribution in [0.3, 0.4) is 0 Å². The number of rotatable bonds is 6. The van der Waals surface area contributed by atoms with E-state index in [4.69, 9.17) is 13.7 Å². The quantitative estimate of drug-likeness (QED) is 0.644. The number of benzene rings is 1. The average molecular weight is 406 g/mol. The van der Waals surface area contributed by atoms with Crippen molar-refractivity contribution in [1.29, 1.82) is 0 Å². The van der Waals surface area contributed by atoms with Crippen molar-refractivity contribution in [3.63, 3.8) is 0 Å². The normalized spacial score (nSPS) is 21.5. The lowest BCUT2D eigenvalue weighted by Crippen LogP contribution is -2.46. The Bertz CT molecular complexity index is 659. The monoisotopic (exact) mass is 406 g/mol. The minimum absolute atomic E-state index is 0.174. The van der Waals surface area contributed by atoms with Gasteiger partial charge in [0, 0.05) is 0 Å². The second-order valence-corrected chi connectivity index (χ2v) is 15.7. The molecule has 0 amide bonds. The van der Waals surface area contributed by atoms with Gasteiger partial charge in [-0.05, 0) is 83.3 Å². The molecule has 0 spiro atoms. The van der Waals surface area contributed by atoms with Gasteiger partial charge in [0.2, 0.25) is 8.32 Å². The Morgan fingerprint density at radius 2 is 1.43 bits per heavy atom. The molecule has 1 fully saturated rings. The topological polar surface area (TPSA) is 47.9 Å². The highest BCUT2D eigenvalue weighted by atomic mass is 28.4. The van der Waals surface area contributed by atoms with Crippen molar-refractivity contribution in [2.24, 2.45) is 0 Å². The first-order valence-electron chi connectivity index (χ1n) is 10.3. The van der Waals surface area contributed by atoms with E-state index >= 15 is 0 Å². The van der Waals surface area contributed by atoms with Crippen LogP contribution in [-0.4, -0.2) is 37.2 Å². The lowest BCUT2D eigenvalue weighted by Gasteiger charge is -2.36. The Labute approximate surface area is 173 Å². The zero-order valence-electron chi connectivity index (χ0n) is 19.5. The van der Waals surface area contributed by atoms with Crippen molar-refractivity contribution < 1.29 is 18.8 Å². The molecule has 28 heavy (non-hydrogen) atoms. The zero-order valence-corrected chi connectivity index (χ0v) is 20.5. The molecule has 1 aliphatic rings. The van der Waals surface area contributed by atoms with E-state index in [9.17, 15) is 5.11 Å². The van der Waals surface area contributed by atoms with E-state index in [2.05, 4.69) is 46.0 Å². The lowest BCUT2D eigenvalue weighted by atomic mass is 9.65. The molecule has 0 saturated carbocycles. The SMILES string of the molecule is CC(O)(CCc1ccc(O[Si](C)(C)C(C)(C)C)cc1)B1OC(C)(C)C(C)(C)O1. The van der Waals surface area contributed by atoms with Crippen molar-refractivity contribution in [1.82, 2.24) is 0 Å². The van der Waals surface area contributed by atoms with Crippen molar-refractivity contribution in [2.75, 3.05) is 0 Å². The maximum atomic E-state index is 11.0. The summed E-state index contributed by atoms with van der Waals surface area (Å²) < 4.78 is 18.4. The summed E-state index contributed by atoms with van der Waals surface area (Å²) >= 11 is 0. The van der Waals surface area contributed by atoms with E-state index in [1.165, 1.54) is 5.56 Å². The van der Waals surface area contributed by atoms with Crippen LogP contribution in [0.15, 0.2) is 24.3 Å². The summed E-state index contributed by atoms with van der Waals surface area (Å²) in [7, 11) is -2.46. The first-order valence-corrected chi connectivity index (χ1v) is 13.2. The molecule has 158 valence electrons. The Hall–Kier alpha value is -0.818. The maximum absolute atomic E-state index is 11.0. The second-order valence-electron chi connectivity index (χ2n) is 11.0. The van der Waals surface area contributed by atoms with E-state index in [-0.39, 0.29) is 5.04 Å². The fourth-order valence-electron chi connectivity index (χ4n) is 2.78. The zero-order chi connectivity index (χ0) is 21.6. The maximum Gasteiger partial charge on any atom is 0.491 e. The predicted molar refractivity (Wildman–Crippen MR) is 119 cm³/mol. The molecule has 1 aliphatic heterocycles. The average Bonchev–Trinajstić information content (AvgIpc) is 2.74. The molecule has 1 aromatic carbocycles. The molecular weight excluding hydrogens is 367 g/mol. The summed E-state index contributed by atoms with van der Waals surface area (Å²) in [5, 5.41) is 11.1. The van der Waals surface area contributed by atoms with Crippen LogP contribution in [0.2, 0.25) is 18.1 Å². The van der Waals surface area contributed by atoms with Crippen molar-refractivity contribution in [3.05, 3.63) is 29.8 Å². The van der Waals surface area contributed by atoms with Gasteiger partial charge in [-0.3, -0.25) is 0 Å². The number of aryl methyl sites for hydroxylation is 1. The highest BCUT2D eigenvalue weighted by molar-refractivity contribution is 6.74. The first kappa shape index (κ1) is 23.5. The van der Waals surface area contributed by atoms with Crippen LogP contribution in [0.4, 0.5) is 0 Å². The number of aliphatic hydroxyl groups is 1. The third-order valence-electron chi connectivity index (χ3n) is 6.78. The van der Waals surface area contributed by atoms with Crippen LogP contribution in [-0.2, 0) is 15.7 Å². The number of hydrogen-bond acceptors (Lipinski definition) is 4. The summed E-state index contributed by atoms with van der Waals surface area (Å²) in [6.45, 7) is 21.0. The Morgan fingerprint density at radius 1 is 0.964 bits per heavy atom. The highest BCUT2D eigenvalue weighted by Gasteiger charge is 2.57. The van der Waals surface area contributed by atoms with E-state index in [1.807, 2.05) is 39.8 Å². The molecule has 1 aromatic rings. The summed E-state index contributed by atoms with van der Waals surface area (Å²) in [4.78, 5) is 0. The summed E-state index contributed by atoms with van der Waals surface area (Å²) in [5.74, 6) is 0.924. The fraction of sp³-hybridized carbons (Fsp3) is 0.727. The molecule has 1 N–H and O–H groups in total. The van der Waals surface area contributed by atoms with Gasteiger partial charge in [-0.25, -0.2) is 0 Å². The molecule has 4 nitrogen and oxygen atoms in total. The fourth-order valence-corrected chi connectivity index (χ4v) is 3.82. The van der Waals surface area contributed by atoms with Gasteiger partial charge in [0.15, 0.2) is 0 Å². The molecule has 0 aromatic heterocycles. The van der Waals surface area contributed by atoms with E-state index in [0.717, 1.165) is 12.2 Å². The predicted octanol–water partition coefficient (Wildman–Crippen LogP) is 5.39. The van der Waals surface area contributed by atoms with E-state index < -0.39 is 32.1 Å². The standard InChI is InChI=1S/C22H39BO4Si/c1-19(2,3)28(9,10)25-18-13-11-17(12-14-18)15-16-22(8,24)23-26-20(4,5)21(6,7)27-23/h11-14,24H,15-16H2,1-10H3. The Morgan fingerprint density at radius 3 is 1.86 bits per heavy atom. The van der Waals surface area contributed by atoms with Crippen molar-refractivity contribution >= 4 is 15.4 Å². The molecule has 1 unspecified atom stereocenters. The third-order valence-corrected chi connectivity index (χ3v) is 11.1. The molecule has 1 saturated heterocycles. The van der Waals surface area contributed by atoms with Gasteiger partial charge < -0.3 is 18.8 Å². The molecule has 1 heterocycles. The van der Waals surface area contributed by atoms with Gasteiger partial charge in [0.1, 0.15) is 5.75 Å². The van der Waals surface area contributed by atoms with Crippen LogP contribution in [0.25, 0.3) is 0 Å². The van der Waals surface area contributed by atoms with Crippen LogP contribution < -0.4 is 4.43 Å². The summed E-state index contributed by atoms with van der Waals surface area (Å²) in [6.07, 6.45) is 1.31. The van der Waals surface area contributed by atoms with Crippen LogP contribution in [0.1, 0.15) is 67.4 Å². The van der Waals surface area contributed by atoms with Crippen LogP contribution in [0, 0.1) is 0 Å². The summed E-state index contributed by atoms with van der Waals surface area (Å²) in [5.41, 5.74) is -0.768. The second kappa shape index (κ2) is 7.46. The van der Waals surface area contributed by atoms with Crippen molar-refractivity contribution in [3.8, 4) is 5.75 Å². The van der Waals surface area contributed by atoms with Gasteiger partial charge in [-0.1, -0.05) is 32.9 Å². The molecule has 0 radical (unpaired) electrons. The van der Waals surface area contributed by atoms with Crippen LogP contribution >= 0.6 is 0 Å². The lowest BCUT2D eigenvalue weighted by molar-refractivity contribution is 0.00578. The largest absolute Gasteiger partial charge is 0.544 e. The molecule has 1 atom stereocenters. The molecular formula is C22H39BO4Si. The molecule has 6 heteroatoms. The highest BCUT2D eigenvalue weighted by Crippen LogP contribution is 2.41. The Balaban J connectivity index is 1.98. The van der Waals surface area contributed by atoms with Crippen LogP contribution in [0.5, 0.6) is 5.75 Å². The minimum atomic E-state index is -1.83. The van der Waals surface area contributed by atoms with Crippen molar-refractivity contribution in [2.45, 2.75) is 103 Å². The Kier molecular flexibility index (Phi) is 6.25. The van der Waals surface area contributed by atoms with Gasteiger partial charge in [-0.15, -0.1) is 0 Å². The van der Waals surface area contributed by atoms with Gasteiger partial charge in [0.05, 0.1) is 16.7 Å². The van der Waals surface area contributed by atoms with Gasteiger partial charge in [0.25, 0.3) is 0 Å². The third kappa shape index (κ3) is 5.02. The van der Waals surface area contributed by atoms with Gasteiger partial charge >= 0.3 is 7.12 Å². The van der Waals surface area contributed by atoms with E-state index in [0.29, 0.717) is 6.42 Å². The smallest absolute Gasteiger partial charge is 0.491 e. The van der Waals surface area contributed by atoms with E-state index in [1.54, 1.807) is 6.92 Å². The number of hydrogen-bond donors (Lipinski definition) is 1. The molecule has 0 aliphatic carbocycles. The molecule has 2 rings (SSSR count). The minimum Gasteiger partial charge on any atom is -0.544 e. The van der Waals surface area contributed by atoms with Gasteiger partial charge in [-0.2, -0.15) is 0 Å². The summed E-state index contributed by atoms with van der Waals surface area (Å²) in [6, 6.07) is 8.25.